The smallest absolute Gasteiger partial charge is 0.0615 e. The molecule has 2 rings (SSSR count). The Morgan fingerprint density at radius 2 is 2.20 bits per heavy atom. The standard InChI is InChI=1S/C16H32N2O2/c1-17-16(13-19)8-3-6-15(16)7-9-18(2)11-14-5-4-10-20-12-14/h14-15,17,19H,3-13H2,1-2H3. The maximum atomic E-state index is 9.72. The summed E-state index contributed by atoms with van der Waals surface area (Å²) >= 11 is 0. The van der Waals surface area contributed by atoms with Gasteiger partial charge in [0.15, 0.2) is 0 Å². The number of hydrogen-bond acceptors (Lipinski definition) is 4. The highest BCUT2D eigenvalue weighted by atomic mass is 16.5. The van der Waals surface area contributed by atoms with E-state index in [1.165, 1.54) is 32.1 Å². The first-order chi connectivity index (χ1) is 9.70. The molecule has 0 aromatic heterocycles. The second-order valence-corrected chi connectivity index (χ2v) is 6.79. The first-order valence-electron chi connectivity index (χ1n) is 8.26. The Hall–Kier alpha value is -0.160. The molecule has 0 aromatic rings. The monoisotopic (exact) mass is 284 g/mol. The molecule has 1 heterocycles. The number of aliphatic hydroxyl groups excluding tert-OH is 1. The molecule has 2 aliphatic rings. The lowest BCUT2D eigenvalue weighted by Crippen LogP contribution is -2.50. The van der Waals surface area contributed by atoms with E-state index in [-0.39, 0.29) is 12.1 Å². The minimum atomic E-state index is -0.0191. The van der Waals surface area contributed by atoms with Crippen LogP contribution in [0.15, 0.2) is 0 Å². The molecule has 4 heteroatoms. The maximum Gasteiger partial charge on any atom is 0.0615 e. The summed E-state index contributed by atoms with van der Waals surface area (Å²) in [6.07, 6.45) is 7.32. The number of nitrogens with zero attached hydrogens (tertiary/aromatic N) is 1. The molecule has 4 nitrogen and oxygen atoms in total. The third-order valence-corrected chi connectivity index (χ3v) is 5.42. The van der Waals surface area contributed by atoms with E-state index in [1.807, 2.05) is 7.05 Å². The molecule has 0 radical (unpaired) electrons. The van der Waals surface area contributed by atoms with Crippen LogP contribution in [-0.4, -0.2) is 62.6 Å². The van der Waals surface area contributed by atoms with E-state index in [0.717, 1.165) is 32.7 Å². The number of aliphatic hydroxyl groups is 1. The topological polar surface area (TPSA) is 44.7 Å². The van der Waals surface area contributed by atoms with Gasteiger partial charge in [-0.15, -0.1) is 0 Å². The number of nitrogens with one attached hydrogen (secondary N) is 1. The summed E-state index contributed by atoms with van der Waals surface area (Å²) in [5, 5.41) is 13.1. The van der Waals surface area contributed by atoms with Crippen molar-refractivity contribution in [3.8, 4) is 0 Å². The lowest BCUT2D eigenvalue weighted by atomic mass is 9.85. The van der Waals surface area contributed by atoms with Gasteiger partial charge in [0.05, 0.1) is 13.2 Å². The molecule has 0 bridgehead atoms. The quantitative estimate of drug-likeness (QED) is 0.743. The van der Waals surface area contributed by atoms with Crippen molar-refractivity contribution in [1.29, 1.82) is 0 Å². The molecule has 3 unspecified atom stereocenters. The van der Waals surface area contributed by atoms with Crippen molar-refractivity contribution in [1.82, 2.24) is 10.2 Å². The normalized spacial score (nSPS) is 34.8. The summed E-state index contributed by atoms with van der Waals surface area (Å²) < 4.78 is 5.56. The van der Waals surface area contributed by atoms with Crippen molar-refractivity contribution >= 4 is 0 Å². The predicted molar refractivity (Wildman–Crippen MR) is 81.9 cm³/mol. The molecule has 20 heavy (non-hydrogen) atoms. The summed E-state index contributed by atoms with van der Waals surface area (Å²) in [6, 6.07) is 0. The molecule has 2 N–H and O–H groups in total. The summed E-state index contributed by atoms with van der Waals surface area (Å²) in [4.78, 5) is 2.45. The van der Waals surface area contributed by atoms with E-state index in [0.29, 0.717) is 11.8 Å². The Labute approximate surface area is 123 Å². The molecule has 0 aromatic carbocycles. The van der Waals surface area contributed by atoms with E-state index in [2.05, 4.69) is 17.3 Å². The number of hydrogen-bond donors (Lipinski definition) is 2. The zero-order chi connectivity index (χ0) is 14.4. The molecular formula is C16H32N2O2. The van der Waals surface area contributed by atoms with Crippen LogP contribution in [0.4, 0.5) is 0 Å². The Morgan fingerprint density at radius 3 is 2.85 bits per heavy atom. The van der Waals surface area contributed by atoms with Crippen molar-refractivity contribution in [3.63, 3.8) is 0 Å². The van der Waals surface area contributed by atoms with Gasteiger partial charge in [-0.2, -0.15) is 0 Å². The van der Waals surface area contributed by atoms with Crippen LogP contribution in [0.5, 0.6) is 0 Å². The van der Waals surface area contributed by atoms with Gasteiger partial charge in [-0.25, -0.2) is 0 Å². The molecule has 118 valence electrons. The average Bonchev–Trinajstić information content (AvgIpc) is 2.89. The van der Waals surface area contributed by atoms with Crippen LogP contribution in [0.1, 0.15) is 38.5 Å². The summed E-state index contributed by atoms with van der Waals surface area (Å²) in [6.45, 7) is 4.44. The van der Waals surface area contributed by atoms with Gasteiger partial charge in [-0.3, -0.25) is 0 Å². The SMILES string of the molecule is CNC1(CO)CCCC1CCN(C)CC1CCCOC1. The summed E-state index contributed by atoms with van der Waals surface area (Å²) in [5.74, 6) is 1.33. The van der Waals surface area contributed by atoms with Gasteiger partial charge in [-0.1, -0.05) is 6.42 Å². The van der Waals surface area contributed by atoms with Crippen LogP contribution in [0, 0.1) is 11.8 Å². The van der Waals surface area contributed by atoms with Gasteiger partial charge in [0.1, 0.15) is 0 Å². The van der Waals surface area contributed by atoms with E-state index in [4.69, 9.17) is 4.74 Å². The zero-order valence-corrected chi connectivity index (χ0v) is 13.2. The first-order valence-corrected chi connectivity index (χ1v) is 8.26. The van der Waals surface area contributed by atoms with Crippen LogP contribution in [0.2, 0.25) is 0 Å². The molecule has 1 aliphatic heterocycles. The van der Waals surface area contributed by atoms with Crippen molar-refractivity contribution < 1.29 is 9.84 Å². The summed E-state index contributed by atoms with van der Waals surface area (Å²) in [7, 11) is 4.22. The van der Waals surface area contributed by atoms with Gasteiger partial charge >= 0.3 is 0 Å². The number of likely N-dealkylation sites (N-methyl/N-ethyl adjacent to an activating group) is 1. The van der Waals surface area contributed by atoms with Gasteiger partial charge in [0.2, 0.25) is 0 Å². The highest BCUT2D eigenvalue weighted by Crippen LogP contribution is 2.37. The van der Waals surface area contributed by atoms with Gasteiger partial charge in [0, 0.05) is 18.7 Å². The second kappa shape index (κ2) is 7.74. The number of ether oxygens (including phenoxy) is 1. The van der Waals surface area contributed by atoms with Crippen molar-refractivity contribution in [3.05, 3.63) is 0 Å². The minimum Gasteiger partial charge on any atom is -0.394 e. The van der Waals surface area contributed by atoms with Crippen LogP contribution >= 0.6 is 0 Å². The second-order valence-electron chi connectivity index (χ2n) is 6.79. The van der Waals surface area contributed by atoms with Gasteiger partial charge in [0.25, 0.3) is 0 Å². The summed E-state index contributed by atoms with van der Waals surface area (Å²) in [5.41, 5.74) is -0.0191. The zero-order valence-electron chi connectivity index (χ0n) is 13.2. The van der Waals surface area contributed by atoms with E-state index >= 15 is 0 Å². The predicted octanol–water partition coefficient (Wildman–Crippen LogP) is 1.49. The minimum absolute atomic E-state index is 0.0191. The van der Waals surface area contributed by atoms with E-state index in [1.54, 1.807) is 0 Å². The first kappa shape index (κ1) is 16.2. The molecule has 1 aliphatic carbocycles. The van der Waals surface area contributed by atoms with E-state index < -0.39 is 0 Å². The Balaban J connectivity index is 1.73. The van der Waals surface area contributed by atoms with Crippen LogP contribution < -0.4 is 5.32 Å². The third kappa shape index (κ3) is 3.94. The Kier molecular flexibility index (Phi) is 6.27. The molecule has 1 saturated heterocycles. The third-order valence-electron chi connectivity index (χ3n) is 5.42. The van der Waals surface area contributed by atoms with Crippen LogP contribution in [0.25, 0.3) is 0 Å². The van der Waals surface area contributed by atoms with Crippen LogP contribution in [0.3, 0.4) is 0 Å². The van der Waals surface area contributed by atoms with Crippen molar-refractivity contribution in [2.24, 2.45) is 11.8 Å². The molecule has 3 atom stereocenters. The molecule has 2 fully saturated rings. The molecule has 1 saturated carbocycles. The van der Waals surface area contributed by atoms with E-state index in [9.17, 15) is 5.11 Å². The fourth-order valence-corrected chi connectivity index (χ4v) is 4.04. The maximum absolute atomic E-state index is 9.72. The Morgan fingerprint density at radius 1 is 1.35 bits per heavy atom. The van der Waals surface area contributed by atoms with Crippen molar-refractivity contribution in [2.75, 3.05) is 47.0 Å². The highest BCUT2D eigenvalue weighted by molar-refractivity contribution is 4.98. The van der Waals surface area contributed by atoms with Crippen molar-refractivity contribution in [2.45, 2.75) is 44.1 Å². The molecule has 0 spiro atoms. The molecular weight excluding hydrogens is 252 g/mol. The average molecular weight is 284 g/mol. The lowest BCUT2D eigenvalue weighted by Gasteiger charge is -2.35. The molecule has 0 amide bonds. The van der Waals surface area contributed by atoms with Crippen LogP contribution in [-0.2, 0) is 4.74 Å². The fraction of sp³-hybridized carbons (Fsp3) is 1.00. The Bertz CT molecular complexity index is 276. The largest absolute Gasteiger partial charge is 0.394 e. The number of rotatable bonds is 7. The lowest BCUT2D eigenvalue weighted by molar-refractivity contribution is 0.0403. The van der Waals surface area contributed by atoms with Gasteiger partial charge < -0.3 is 20.1 Å². The fourth-order valence-electron chi connectivity index (χ4n) is 4.04. The van der Waals surface area contributed by atoms with Gasteiger partial charge in [-0.05, 0) is 64.6 Å². The highest BCUT2D eigenvalue weighted by Gasteiger charge is 2.40.